The molecule has 4 rings (SSSR count). The maximum Gasteiger partial charge on any atom is 0.416 e. The highest BCUT2D eigenvalue weighted by molar-refractivity contribution is 5.97. The molecule has 0 saturated heterocycles. The van der Waals surface area contributed by atoms with Crippen LogP contribution in [0.1, 0.15) is 22.7 Å². The van der Waals surface area contributed by atoms with Crippen LogP contribution in [0.25, 0.3) is 11.4 Å². The maximum atomic E-state index is 13.4. The van der Waals surface area contributed by atoms with E-state index in [0.29, 0.717) is 17.0 Å². The number of aryl methyl sites for hydroxylation is 1. The first kappa shape index (κ1) is 23.0. The number of alkyl halides is 3. The number of benzene rings is 3. The number of carbonyl (C=O) groups is 1. The molecule has 1 unspecified atom stereocenters. The Hall–Kier alpha value is -4.21. The predicted molar refractivity (Wildman–Crippen MR) is 119 cm³/mol. The van der Waals surface area contributed by atoms with E-state index in [2.05, 4.69) is 20.7 Å². The van der Waals surface area contributed by atoms with Crippen molar-refractivity contribution in [2.75, 3.05) is 12.4 Å². The minimum atomic E-state index is -4.51. The van der Waals surface area contributed by atoms with Gasteiger partial charge in [0, 0.05) is 5.56 Å². The summed E-state index contributed by atoms with van der Waals surface area (Å²) in [6.07, 6.45) is -4.51. The van der Waals surface area contributed by atoms with Gasteiger partial charge in [0.2, 0.25) is 5.82 Å². The first-order chi connectivity index (χ1) is 16.3. The maximum absolute atomic E-state index is 13.4. The lowest BCUT2D eigenvalue weighted by Gasteiger charge is -2.17. The molecule has 0 bridgehead atoms. The molecule has 10 heteroatoms. The molecule has 0 aliphatic heterocycles. The van der Waals surface area contributed by atoms with Crippen molar-refractivity contribution >= 4 is 11.6 Å². The van der Waals surface area contributed by atoms with E-state index in [4.69, 9.17) is 4.74 Å². The van der Waals surface area contributed by atoms with Crippen LogP contribution in [0.5, 0.6) is 5.75 Å². The Morgan fingerprint density at radius 3 is 2.50 bits per heavy atom. The van der Waals surface area contributed by atoms with Crippen LogP contribution in [-0.4, -0.2) is 33.2 Å². The highest BCUT2D eigenvalue weighted by Gasteiger charge is 2.31. The molecule has 0 aliphatic rings. The van der Waals surface area contributed by atoms with Crippen molar-refractivity contribution in [2.24, 2.45) is 0 Å². The van der Waals surface area contributed by atoms with Gasteiger partial charge in [-0.25, -0.2) is 0 Å². The molecule has 4 aromatic rings. The minimum Gasteiger partial charge on any atom is -0.495 e. The third-order valence-electron chi connectivity index (χ3n) is 5.08. The zero-order valence-corrected chi connectivity index (χ0v) is 18.2. The van der Waals surface area contributed by atoms with Crippen LogP contribution in [0.3, 0.4) is 0 Å². The summed E-state index contributed by atoms with van der Waals surface area (Å²) < 4.78 is 44.7. The number of anilines is 1. The van der Waals surface area contributed by atoms with Crippen molar-refractivity contribution in [2.45, 2.75) is 19.1 Å². The summed E-state index contributed by atoms with van der Waals surface area (Å²) in [6.45, 7) is 1.88. The van der Waals surface area contributed by atoms with Crippen LogP contribution in [0, 0.1) is 6.92 Å². The average Bonchev–Trinajstić information content (AvgIpc) is 3.29. The largest absolute Gasteiger partial charge is 0.495 e. The summed E-state index contributed by atoms with van der Waals surface area (Å²) in [5.74, 6) is -0.0296. The van der Waals surface area contributed by atoms with E-state index in [1.165, 1.54) is 19.2 Å². The fourth-order valence-corrected chi connectivity index (χ4v) is 3.43. The predicted octanol–water partition coefficient (Wildman–Crippen LogP) is 4.90. The third kappa shape index (κ3) is 4.90. The minimum absolute atomic E-state index is 0.0343. The van der Waals surface area contributed by atoms with E-state index >= 15 is 0 Å². The third-order valence-corrected chi connectivity index (χ3v) is 5.08. The van der Waals surface area contributed by atoms with E-state index < -0.39 is 23.7 Å². The van der Waals surface area contributed by atoms with Gasteiger partial charge in [0.25, 0.3) is 5.91 Å². The molecule has 1 N–H and O–H groups in total. The Kier molecular flexibility index (Phi) is 6.31. The lowest BCUT2D eigenvalue weighted by atomic mass is 10.1. The Balaban J connectivity index is 1.71. The molecule has 7 nitrogen and oxygen atoms in total. The molecule has 1 aromatic heterocycles. The lowest BCUT2D eigenvalue weighted by molar-refractivity contribution is -0.137. The quantitative estimate of drug-likeness (QED) is 0.436. The zero-order chi connectivity index (χ0) is 24.3. The average molecular weight is 467 g/mol. The first-order valence-corrected chi connectivity index (χ1v) is 10.2. The van der Waals surface area contributed by atoms with Gasteiger partial charge in [-0.05, 0) is 47.5 Å². The smallest absolute Gasteiger partial charge is 0.416 e. The van der Waals surface area contributed by atoms with Gasteiger partial charge in [-0.1, -0.05) is 48.5 Å². The number of hydrogen-bond donors (Lipinski definition) is 1. The van der Waals surface area contributed by atoms with Crippen molar-refractivity contribution < 1.29 is 22.7 Å². The van der Waals surface area contributed by atoms with Gasteiger partial charge in [-0.2, -0.15) is 13.2 Å². The Morgan fingerprint density at radius 1 is 1.03 bits per heavy atom. The highest BCUT2D eigenvalue weighted by atomic mass is 19.4. The number of ether oxygens (including phenoxy) is 1. The van der Waals surface area contributed by atoms with Gasteiger partial charge in [0.1, 0.15) is 5.75 Å². The second kappa shape index (κ2) is 9.34. The Labute approximate surface area is 193 Å². The number of aromatic nitrogens is 4. The van der Waals surface area contributed by atoms with Gasteiger partial charge in [0.15, 0.2) is 6.04 Å². The van der Waals surface area contributed by atoms with E-state index in [1.54, 1.807) is 42.5 Å². The molecular weight excluding hydrogens is 447 g/mol. The molecule has 1 amide bonds. The lowest BCUT2D eigenvalue weighted by Crippen LogP contribution is -2.29. The van der Waals surface area contributed by atoms with Gasteiger partial charge < -0.3 is 10.1 Å². The molecular formula is C24H20F3N5O2. The van der Waals surface area contributed by atoms with Crippen LogP contribution in [0.2, 0.25) is 0 Å². The molecule has 0 radical (unpaired) electrons. The second-order valence-electron chi connectivity index (χ2n) is 7.52. The molecule has 3 aromatic carbocycles. The molecule has 34 heavy (non-hydrogen) atoms. The number of rotatable bonds is 6. The molecule has 0 aliphatic carbocycles. The van der Waals surface area contributed by atoms with Crippen LogP contribution in [0.4, 0.5) is 18.9 Å². The van der Waals surface area contributed by atoms with Crippen LogP contribution < -0.4 is 10.1 Å². The Bertz CT molecular complexity index is 1310. The molecule has 0 spiro atoms. The van der Waals surface area contributed by atoms with Gasteiger partial charge in [-0.3, -0.25) is 4.79 Å². The van der Waals surface area contributed by atoms with Crippen LogP contribution in [0.15, 0.2) is 72.8 Å². The summed E-state index contributed by atoms with van der Waals surface area (Å²) in [4.78, 5) is 14.5. The van der Waals surface area contributed by atoms with Crippen molar-refractivity contribution in [3.63, 3.8) is 0 Å². The number of tetrazole rings is 1. The van der Waals surface area contributed by atoms with Crippen molar-refractivity contribution in [1.29, 1.82) is 0 Å². The van der Waals surface area contributed by atoms with Crippen molar-refractivity contribution in [1.82, 2.24) is 20.2 Å². The van der Waals surface area contributed by atoms with Crippen LogP contribution in [-0.2, 0) is 11.0 Å². The van der Waals surface area contributed by atoms with E-state index in [9.17, 15) is 18.0 Å². The van der Waals surface area contributed by atoms with E-state index in [0.717, 1.165) is 22.5 Å². The number of nitrogens with zero attached hydrogens (tertiary/aromatic N) is 4. The molecule has 1 atom stereocenters. The number of carbonyl (C=O) groups excluding carboxylic acids is 1. The topological polar surface area (TPSA) is 81.9 Å². The fourth-order valence-electron chi connectivity index (χ4n) is 3.43. The van der Waals surface area contributed by atoms with E-state index in [-0.39, 0.29) is 11.4 Å². The SMILES string of the molecule is COc1ccc(C)cc1NC(=O)C(c1ccccc1)n1nnc(-c2cccc(C(F)(F)F)c2)n1. The summed E-state index contributed by atoms with van der Waals surface area (Å²) in [6, 6.07) is 17.7. The summed E-state index contributed by atoms with van der Waals surface area (Å²) in [7, 11) is 1.50. The standard InChI is InChI=1S/C24H20F3N5O2/c1-15-11-12-20(34-2)19(13-15)28-23(33)21(16-7-4-3-5-8-16)32-30-22(29-31-32)17-9-6-10-18(14-17)24(25,26)27/h3-14,21H,1-2H3,(H,28,33). The molecule has 174 valence electrons. The zero-order valence-electron chi connectivity index (χ0n) is 18.2. The normalized spacial score (nSPS) is 12.3. The summed E-state index contributed by atoms with van der Waals surface area (Å²) in [5.41, 5.74) is 1.25. The second-order valence-corrected chi connectivity index (χ2v) is 7.52. The van der Waals surface area contributed by atoms with Crippen molar-refractivity contribution in [3.8, 4) is 17.1 Å². The number of nitrogens with one attached hydrogen (secondary N) is 1. The molecule has 1 heterocycles. The fraction of sp³-hybridized carbons (Fsp3) is 0.167. The van der Waals surface area contributed by atoms with Gasteiger partial charge in [0.05, 0.1) is 18.4 Å². The monoisotopic (exact) mass is 467 g/mol. The van der Waals surface area contributed by atoms with Gasteiger partial charge in [-0.15, -0.1) is 15.0 Å². The number of halogens is 3. The van der Waals surface area contributed by atoms with E-state index in [1.807, 2.05) is 13.0 Å². The summed E-state index contributed by atoms with van der Waals surface area (Å²) in [5, 5.41) is 15.0. The number of amides is 1. The van der Waals surface area contributed by atoms with Crippen molar-refractivity contribution in [3.05, 3.63) is 89.5 Å². The number of hydrogen-bond acceptors (Lipinski definition) is 5. The Morgan fingerprint density at radius 2 is 1.79 bits per heavy atom. The number of methoxy groups -OCH3 is 1. The van der Waals surface area contributed by atoms with Crippen LogP contribution >= 0.6 is 0 Å². The highest BCUT2D eigenvalue weighted by Crippen LogP contribution is 2.32. The summed E-state index contributed by atoms with van der Waals surface area (Å²) >= 11 is 0. The molecule has 0 fully saturated rings. The molecule has 0 saturated carbocycles. The van der Waals surface area contributed by atoms with Gasteiger partial charge >= 0.3 is 6.18 Å². The first-order valence-electron chi connectivity index (χ1n) is 10.2.